The van der Waals surface area contributed by atoms with Gasteiger partial charge in [0.05, 0.1) is 37.8 Å². The highest BCUT2D eigenvalue weighted by molar-refractivity contribution is 7.92. The number of sulfonamides is 1. The van der Waals surface area contributed by atoms with Gasteiger partial charge in [-0.05, 0) is 25.5 Å². The Labute approximate surface area is 166 Å². The van der Waals surface area contributed by atoms with E-state index in [-0.39, 0.29) is 23.8 Å². The van der Waals surface area contributed by atoms with E-state index in [1.165, 1.54) is 26.4 Å². The van der Waals surface area contributed by atoms with Gasteiger partial charge in [0.25, 0.3) is 5.91 Å². The molecule has 0 fully saturated rings. The summed E-state index contributed by atoms with van der Waals surface area (Å²) in [5.41, 5.74) is 1.36. The lowest BCUT2D eigenvalue weighted by Gasteiger charge is -2.25. The number of nitrogens with zero attached hydrogens (tertiary/aromatic N) is 1. The first-order valence-corrected chi connectivity index (χ1v) is 10.7. The second kappa shape index (κ2) is 8.97. The van der Waals surface area contributed by atoms with Gasteiger partial charge >= 0.3 is 0 Å². The molecule has 0 aromatic heterocycles. The normalized spacial score (nSPS) is 12.2. The summed E-state index contributed by atoms with van der Waals surface area (Å²) in [6.07, 6.45) is 1.10. The van der Waals surface area contributed by atoms with Gasteiger partial charge in [0, 0.05) is 12.6 Å². The number of rotatable bonds is 8. The molecule has 2 aromatic carbocycles. The third-order valence-corrected chi connectivity index (χ3v) is 5.61. The topological polar surface area (TPSA) is 84.9 Å². The quantitative estimate of drug-likeness (QED) is 0.728. The minimum absolute atomic E-state index is 0.169. The molecule has 0 saturated heterocycles. The largest absolute Gasteiger partial charge is 0.493 e. The number of hydrogen-bond acceptors (Lipinski definition) is 5. The number of nitrogens with one attached hydrogen (secondary N) is 1. The molecule has 2 rings (SSSR count). The predicted octanol–water partition coefficient (Wildman–Crippen LogP) is 2.98. The smallest absolute Gasteiger partial charge is 0.254 e. The average molecular weight is 407 g/mol. The van der Waals surface area contributed by atoms with Crippen molar-refractivity contribution in [3.8, 4) is 11.5 Å². The fraction of sp³-hybridized carbons (Fsp3) is 0.350. The Bertz CT molecular complexity index is 929. The van der Waals surface area contributed by atoms with Gasteiger partial charge in [0.15, 0.2) is 11.5 Å². The average Bonchev–Trinajstić information content (AvgIpc) is 2.67. The van der Waals surface area contributed by atoms with Crippen LogP contribution in [0.5, 0.6) is 11.5 Å². The number of carbonyl (C=O) groups excluding carboxylic acids is 1. The van der Waals surface area contributed by atoms with E-state index in [2.05, 4.69) is 5.32 Å². The summed E-state index contributed by atoms with van der Waals surface area (Å²) in [4.78, 5) is 13.0. The molecule has 0 radical (unpaired) electrons. The molecule has 1 atom stereocenters. The molecule has 0 bridgehead atoms. The molecule has 28 heavy (non-hydrogen) atoms. The van der Waals surface area contributed by atoms with Crippen molar-refractivity contribution in [3.05, 3.63) is 53.6 Å². The van der Waals surface area contributed by atoms with Gasteiger partial charge in [-0.2, -0.15) is 0 Å². The molecule has 0 aliphatic heterocycles. The summed E-state index contributed by atoms with van der Waals surface area (Å²) in [6, 6.07) is 12.2. The summed E-state index contributed by atoms with van der Waals surface area (Å²) in [6.45, 7) is 3.73. The van der Waals surface area contributed by atoms with Crippen molar-refractivity contribution in [2.45, 2.75) is 19.9 Å². The lowest BCUT2D eigenvalue weighted by molar-refractivity contribution is 0.0940. The van der Waals surface area contributed by atoms with Crippen LogP contribution in [0.4, 0.5) is 5.69 Å². The van der Waals surface area contributed by atoms with E-state index in [1.807, 2.05) is 37.3 Å². The van der Waals surface area contributed by atoms with Crippen molar-refractivity contribution in [1.29, 1.82) is 0 Å². The first-order valence-electron chi connectivity index (χ1n) is 8.82. The molecular weight excluding hydrogens is 380 g/mol. The SMILES string of the molecule is CCN(c1cc(OC)c(OC)cc1C(=O)N[C@@H](C)c1ccccc1)S(C)(=O)=O. The zero-order valence-corrected chi connectivity index (χ0v) is 17.5. The molecule has 7 nitrogen and oxygen atoms in total. The van der Waals surface area contributed by atoms with E-state index < -0.39 is 15.9 Å². The van der Waals surface area contributed by atoms with Crippen LogP contribution in [-0.4, -0.2) is 41.3 Å². The predicted molar refractivity (Wildman–Crippen MR) is 110 cm³/mol. The summed E-state index contributed by atoms with van der Waals surface area (Å²) >= 11 is 0. The second-order valence-electron chi connectivity index (χ2n) is 6.26. The maximum Gasteiger partial charge on any atom is 0.254 e. The van der Waals surface area contributed by atoms with Gasteiger partial charge in [0.1, 0.15) is 0 Å². The van der Waals surface area contributed by atoms with E-state index in [4.69, 9.17) is 9.47 Å². The van der Waals surface area contributed by atoms with Gasteiger partial charge in [-0.1, -0.05) is 30.3 Å². The Kier molecular flexibility index (Phi) is 6.90. The summed E-state index contributed by atoms with van der Waals surface area (Å²) < 4.78 is 36.3. The van der Waals surface area contributed by atoms with Crippen LogP contribution in [0.2, 0.25) is 0 Å². The third-order valence-electron chi connectivity index (χ3n) is 4.35. The van der Waals surface area contributed by atoms with Crippen LogP contribution in [0.15, 0.2) is 42.5 Å². The lowest BCUT2D eigenvalue weighted by Crippen LogP contribution is -2.33. The van der Waals surface area contributed by atoms with Crippen LogP contribution in [0, 0.1) is 0 Å². The van der Waals surface area contributed by atoms with Gasteiger partial charge in [-0.3, -0.25) is 9.10 Å². The van der Waals surface area contributed by atoms with Crippen molar-refractivity contribution < 1.29 is 22.7 Å². The third kappa shape index (κ3) is 4.75. The summed E-state index contributed by atoms with van der Waals surface area (Å²) in [5.74, 6) is 0.273. The summed E-state index contributed by atoms with van der Waals surface area (Å²) in [7, 11) is -0.680. The van der Waals surface area contributed by atoms with E-state index in [0.717, 1.165) is 16.1 Å². The van der Waals surface area contributed by atoms with E-state index >= 15 is 0 Å². The van der Waals surface area contributed by atoms with Crippen LogP contribution in [-0.2, 0) is 10.0 Å². The molecular formula is C20H26N2O5S. The van der Waals surface area contributed by atoms with Crippen LogP contribution in [0.3, 0.4) is 0 Å². The minimum atomic E-state index is -3.59. The van der Waals surface area contributed by atoms with Crippen LogP contribution < -0.4 is 19.1 Å². The van der Waals surface area contributed by atoms with E-state index in [1.54, 1.807) is 6.92 Å². The first-order chi connectivity index (χ1) is 13.2. The highest BCUT2D eigenvalue weighted by Crippen LogP contribution is 2.36. The Morgan fingerprint density at radius 3 is 2.18 bits per heavy atom. The molecule has 0 aliphatic carbocycles. The molecule has 0 spiro atoms. The number of benzene rings is 2. The van der Waals surface area contributed by atoms with Crippen molar-refractivity contribution in [1.82, 2.24) is 5.32 Å². The van der Waals surface area contributed by atoms with Gasteiger partial charge in [-0.25, -0.2) is 8.42 Å². The standard InChI is InChI=1S/C20H26N2O5S/c1-6-22(28(5,24)25)17-13-19(27-4)18(26-3)12-16(17)20(23)21-14(2)15-10-8-7-9-11-15/h7-14H,6H2,1-5H3,(H,21,23)/t14-/m0/s1. The zero-order valence-electron chi connectivity index (χ0n) is 16.7. The van der Waals surface area contributed by atoms with Gasteiger partial charge in [-0.15, -0.1) is 0 Å². The Balaban J connectivity index is 2.52. The number of methoxy groups -OCH3 is 2. The fourth-order valence-corrected chi connectivity index (χ4v) is 3.92. The van der Waals surface area contributed by atoms with E-state index in [9.17, 15) is 13.2 Å². The molecule has 1 amide bonds. The van der Waals surface area contributed by atoms with E-state index in [0.29, 0.717) is 11.5 Å². The van der Waals surface area contributed by atoms with Crippen molar-refractivity contribution in [3.63, 3.8) is 0 Å². The maximum atomic E-state index is 13.0. The highest BCUT2D eigenvalue weighted by Gasteiger charge is 2.26. The Hall–Kier alpha value is -2.74. The Morgan fingerprint density at radius 2 is 1.68 bits per heavy atom. The molecule has 0 saturated carbocycles. The van der Waals surface area contributed by atoms with Gasteiger partial charge < -0.3 is 14.8 Å². The van der Waals surface area contributed by atoms with Crippen LogP contribution in [0.25, 0.3) is 0 Å². The monoisotopic (exact) mass is 406 g/mol. The molecule has 0 heterocycles. The first kappa shape index (κ1) is 21.6. The van der Waals surface area contributed by atoms with Crippen molar-refractivity contribution in [2.75, 3.05) is 31.3 Å². The van der Waals surface area contributed by atoms with Gasteiger partial charge in [0.2, 0.25) is 10.0 Å². The molecule has 152 valence electrons. The maximum absolute atomic E-state index is 13.0. The number of anilines is 1. The number of ether oxygens (including phenoxy) is 2. The highest BCUT2D eigenvalue weighted by atomic mass is 32.2. The molecule has 2 aromatic rings. The van der Waals surface area contributed by atoms with Crippen molar-refractivity contribution >= 4 is 21.6 Å². The molecule has 8 heteroatoms. The fourth-order valence-electron chi connectivity index (χ4n) is 2.94. The Morgan fingerprint density at radius 1 is 1.11 bits per heavy atom. The number of hydrogen-bond donors (Lipinski definition) is 1. The molecule has 1 N–H and O–H groups in total. The van der Waals surface area contributed by atoms with Crippen molar-refractivity contribution in [2.24, 2.45) is 0 Å². The van der Waals surface area contributed by atoms with Crippen LogP contribution in [0.1, 0.15) is 35.8 Å². The van der Waals surface area contributed by atoms with Crippen LogP contribution >= 0.6 is 0 Å². The summed E-state index contributed by atoms with van der Waals surface area (Å²) in [5, 5.41) is 2.92. The lowest BCUT2D eigenvalue weighted by atomic mass is 10.1. The number of carbonyl (C=O) groups is 1. The zero-order chi connectivity index (χ0) is 20.9. The second-order valence-corrected chi connectivity index (χ2v) is 8.16. The molecule has 0 aliphatic rings. The molecule has 0 unspecified atom stereocenters. The minimum Gasteiger partial charge on any atom is -0.493 e. The number of amides is 1.